The van der Waals surface area contributed by atoms with Gasteiger partial charge in [0.05, 0.1) is 15.6 Å². The fraction of sp³-hybridized carbons (Fsp3) is 0.111. The van der Waals surface area contributed by atoms with E-state index in [0.29, 0.717) is 16.5 Å². The molecule has 8 heteroatoms. The Morgan fingerprint density at radius 1 is 0.885 bits per heavy atom. The van der Waals surface area contributed by atoms with Crippen molar-refractivity contribution in [3.05, 3.63) is 70.7 Å². The van der Waals surface area contributed by atoms with Gasteiger partial charge in [-0.25, -0.2) is 8.42 Å². The van der Waals surface area contributed by atoms with Crippen LogP contribution in [0.3, 0.4) is 0 Å². The van der Waals surface area contributed by atoms with Crippen molar-refractivity contribution in [2.75, 3.05) is 10.0 Å². The predicted molar refractivity (Wildman–Crippen MR) is 103 cm³/mol. The normalized spacial score (nSPS) is 11.2. The lowest BCUT2D eigenvalue weighted by atomic mass is 10.1. The molecule has 6 nitrogen and oxygen atoms in total. The van der Waals surface area contributed by atoms with Gasteiger partial charge in [0, 0.05) is 0 Å². The van der Waals surface area contributed by atoms with Gasteiger partial charge in [0.1, 0.15) is 0 Å². The summed E-state index contributed by atoms with van der Waals surface area (Å²) >= 11 is 6.08. The number of para-hydroxylation sites is 1. The van der Waals surface area contributed by atoms with Crippen LogP contribution in [0.4, 0.5) is 17.3 Å². The zero-order chi connectivity index (χ0) is 18.7. The Hall–Kier alpha value is -2.64. The molecule has 0 saturated heterocycles. The van der Waals surface area contributed by atoms with E-state index in [-0.39, 0.29) is 10.7 Å². The molecule has 0 atom stereocenters. The average molecular weight is 389 g/mol. The van der Waals surface area contributed by atoms with E-state index in [1.54, 1.807) is 36.4 Å². The van der Waals surface area contributed by atoms with Gasteiger partial charge in [-0.2, -0.15) is 0 Å². The summed E-state index contributed by atoms with van der Waals surface area (Å²) in [7, 11) is -3.73. The number of sulfonamides is 1. The van der Waals surface area contributed by atoms with Crippen LogP contribution < -0.4 is 10.0 Å². The molecule has 134 valence electrons. The molecule has 0 aliphatic carbocycles. The molecule has 0 saturated carbocycles. The molecule has 0 aliphatic rings. The molecule has 0 radical (unpaired) electrons. The van der Waals surface area contributed by atoms with E-state index < -0.39 is 10.0 Å². The van der Waals surface area contributed by atoms with E-state index in [9.17, 15) is 8.42 Å². The Kier molecular flexibility index (Phi) is 5.11. The van der Waals surface area contributed by atoms with Gasteiger partial charge < -0.3 is 5.32 Å². The average Bonchev–Trinajstić information content (AvgIpc) is 2.60. The van der Waals surface area contributed by atoms with Crippen LogP contribution in [0, 0.1) is 13.8 Å². The molecule has 0 amide bonds. The number of hydrogen-bond acceptors (Lipinski definition) is 5. The fourth-order valence-electron chi connectivity index (χ4n) is 2.23. The van der Waals surface area contributed by atoms with Gasteiger partial charge in [-0.05, 0) is 61.4 Å². The first kappa shape index (κ1) is 18.2. The second kappa shape index (κ2) is 7.31. The first-order valence-corrected chi connectivity index (χ1v) is 9.66. The number of anilines is 3. The molecule has 26 heavy (non-hydrogen) atoms. The summed E-state index contributed by atoms with van der Waals surface area (Å²) in [5, 5.41) is 11.5. The van der Waals surface area contributed by atoms with Crippen molar-refractivity contribution < 1.29 is 8.42 Å². The van der Waals surface area contributed by atoms with E-state index in [1.807, 2.05) is 26.0 Å². The van der Waals surface area contributed by atoms with Gasteiger partial charge in [0.25, 0.3) is 10.0 Å². The molecular weight excluding hydrogens is 372 g/mol. The molecule has 0 fully saturated rings. The third-order valence-electron chi connectivity index (χ3n) is 3.83. The van der Waals surface area contributed by atoms with Crippen LogP contribution >= 0.6 is 11.6 Å². The van der Waals surface area contributed by atoms with Crippen molar-refractivity contribution in [3.8, 4) is 0 Å². The highest BCUT2D eigenvalue weighted by Gasteiger charge is 2.16. The Labute approximate surface area is 157 Å². The van der Waals surface area contributed by atoms with Crippen LogP contribution in [0.2, 0.25) is 5.02 Å². The summed E-state index contributed by atoms with van der Waals surface area (Å²) in [6, 6.07) is 15.3. The maximum Gasteiger partial charge on any atom is 0.263 e. The van der Waals surface area contributed by atoms with Crippen molar-refractivity contribution in [2.45, 2.75) is 18.7 Å². The van der Waals surface area contributed by atoms with Crippen molar-refractivity contribution in [3.63, 3.8) is 0 Å². The van der Waals surface area contributed by atoms with Gasteiger partial charge in [0.2, 0.25) is 0 Å². The first-order valence-electron chi connectivity index (χ1n) is 7.80. The highest BCUT2D eigenvalue weighted by Crippen LogP contribution is 2.24. The minimum Gasteiger partial charge on any atom is -0.338 e. The highest BCUT2D eigenvalue weighted by molar-refractivity contribution is 7.92. The Bertz CT molecular complexity index is 1040. The van der Waals surface area contributed by atoms with Crippen LogP contribution in [0.5, 0.6) is 0 Å². The highest BCUT2D eigenvalue weighted by atomic mass is 35.5. The smallest absolute Gasteiger partial charge is 0.263 e. The van der Waals surface area contributed by atoms with E-state index in [4.69, 9.17) is 11.6 Å². The number of rotatable bonds is 5. The van der Waals surface area contributed by atoms with E-state index in [1.165, 1.54) is 6.07 Å². The number of nitrogens with zero attached hydrogens (tertiary/aromatic N) is 2. The molecule has 0 spiro atoms. The number of halogens is 1. The topological polar surface area (TPSA) is 84.0 Å². The third kappa shape index (κ3) is 4.12. The summed E-state index contributed by atoms with van der Waals surface area (Å²) in [5.41, 5.74) is 2.61. The largest absolute Gasteiger partial charge is 0.338 e. The molecular formula is C18H17ClN4O2S. The zero-order valence-corrected chi connectivity index (χ0v) is 15.8. The Morgan fingerprint density at radius 3 is 2.23 bits per heavy atom. The Balaban J connectivity index is 1.76. The van der Waals surface area contributed by atoms with Crippen molar-refractivity contribution in [2.24, 2.45) is 0 Å². The number of hydrogen-bond donors (Lipinski definition) is 2. The van der Waals surface area contributed by atoms with Crippen molar-refractivity contribution in [1.82, 2.24) is 10.2 Å². The molecule has 3 rings (SSSR count). The zero-order valence-electron chi connectivity index (χ0n) is 14.2. The van der Waals surface area contributed by atoms with Crippen LogP contribution in [-0.4, -0.2) is 18.6 Å². The van der Waals surface area contributed by atoms with E-state index in [2.05, 4.69) is 20.2 Å². The summed E-state index contributed by atoms with van der Waals surface area (Å²) < 4.78 is 27.4. The number of benzene rings is 2. The fourth-order valence-corrected chi connectivity index (χ4v) is 3.50. The maximum absolute atomic E-state index is 12.5. The van der Waals surface area contributed by atoms with Crippen LogP contribution in [0.15, 0.2) is 59.5 Å². The second-order valence-electron chi connectivity index (χ2n) is 5.76. The van der Waals surface area contributed by atoms with Gasteiger partial charge in [0.15, 0.2) is 11.6 Å². The predicted octanol–water partition coefficient (Wildman–Crippen LogP) is 4.29. The molecule has 1 heterocycles. The van der Waals surface area contributed by atoms with Crippen LogP contribution in [-0.2, 0) is 10.0 Å². The quantitative estimate of drug-likeness (QED) is 0.681. The van der Waals surface area contributed by atoms with Crippen LogP contribution in [0.25, 0.3) is 0 Å². The molecule has 0 unspecified atom stereocenters. The molecule has 3 aromatic rings. The monoisotopic (exact) mass is 388 g/mol. The second-order valence-corrected chi connectivity index (χ2v) is 7.85. The number of aromatic nitrogens is 2. The molecule has 0 bridgehead atoms. The molecule has 0 aliphatic heterocycles. The number of aryl methyl sites for hydroxylation is 2. The Morgan fingerprint density at radius 2 is 1.58 bits per heavy atom. The summed E-state index contributed by atoms with van der Waals surface area (Å²) in [6.45, 7) is 3.79. The van der Waals surface area contributed by atoms with Gasteiger partial charge in [-0.1, -0.05) is 29.8 Å². The molecule has 2 N–H and O–H groups in total. The minimum atomic E-state index is -3.73. The summed E-state index contributed by atoms with van der Waals surface area (Å²) in [5.74, 6) is 0.583. The van der Waals surface area contributed by atoms with E-state index in [0.717, 1.165) is 11.1 Å². The van der Waals surface area contributed by atoms with Crippen molar-refractivity contribution in [1.29, 1.82) is 0 Å². The summed E-state index contributed by atoms with van der Waals surface area (Å²) in [6.07, 6.45) is 0. The molecule has 2 aromatic carbocycles. The SMILES string of the molecule is Cc1ccc(S(=O)(=O)Nc2ccc(Nc3ccccc3Cl)nn2)cc1C. The maximum atomic E-state index is 12.5. The number of nitrogens with one attached hydrogen (secondary N) is 2. The standard InChI is InChI=1S/C18H17ClN4O2S/c1-12-7-8-14(11-13(12)2)26(24,25)23-18-10-9-17(21-22-18)20-16-6-4-3-5-15(16)19/h3-11H,1-2H3,(H,20,21)(H,22,23). The lowest BCUT2D eigenvalue weighted by Gasteiger charge is -2.10. The van der Waals surface area contributed by atoms with Gasteiger partial charge in [-0.3, -0.25) is 4.72 Å². The molecule has 1 aromatic heterocycles. The first-order chi connectivity index (χ1) is 12.3. The minimum absolute atomic E-state index is 0.132. The lowest BCUT2D eigenvalue weighted by molar-refractivity contribution is 0.601. The third-order valence-corrected chi connectivity index (χ3v) is 5.51. The lowest BCUT2D eigenvalue weighted by Crippen LogP contribution is -2.14. The van der Waals surface area contributed by atoms with Crippen LogP contribution in [0.1, 0.15) is 11.1 Å². The summed E-state index contributed by atoms with van der Waals surface area (Å²) in [4.78, 5) is 0.181. The van der Waals surface area contributed by atoms with Gasteiger partial charge in [-0.15, -0.1) is 10.2 Å². The van der Waals surface area contributed by atoms with Gasteiger partial charge >= 0.3 is 0 Å². The van der Waals surface area contributed by atoms with Crippen molar-refractivity contribution >= 4 is 38.9 Å². The van der Waals surface area contributed by atoms with E-state index >= 15 is 0 Å².